The smallest absolute Gasteiger partial charge is 0.329 e. The van der Waals surface area contributed by atoms with Gasteiger partial charge in [-0.25, -0.2) is 4.79 Å². The fraction of sp³-hybridized carbons (Fsp3) is 0.217. The summed E-state index contributed by atoms with van der Waals surface area (Å²) in [5.74, 6) is -0.0764. The van der Waals surface area contributed by atoms with Gasteiger partial charge < -0.3 is 5.32 Å². The Morgan fingerprint density at radius 1 is 0.966 bits per heavy atom. The first-order valence-corrected chi connectivity index (χ1v) is 10.6. The van der Waals surface area contributed by atoms with Crippen LogP contribution in [0.1, 0.15) is 29.8 Å². The molecule has 0 aliphatic carbocycles. The van der Waals surface area contributed by atoms with Crippen molar-refractivity contribution in [3.05, 3.63) is 93.0 Å². The van der Waals surface area contributed by atoms with Crippen LogP contribution in [0.25, 0.3) is 11.0 Å². The topological polar surface area (TPSA) is 56.0 Å². The number of aryl methyl sites for hydroxylation is 2. The van der Waals surface area contributed by atoms with Crippen LogP contribution in [0.15, 0.2) is 76.9 Å². The second-order valence-corrected chi connectivity index (χ2v) is 7.82. The molecule has 4 aromatic rings. The lowest BCUT2D eigenvalue weighted by atomic mass is 10.1. The van der Waals surface area contributed by atoms with E-state index in [2.05, 4.69) is 5.32 Å². The highest BCUT2D eigenvalue weighted by Crippen LogP contribution is 2.26. The molecule has 5 nitrogen and oxygen atoms in total. The van der Waals surface area contributed by atoms with Crippen LogP contribution in [-0.2, 0) is 17.9 Å². The van der Waals surface area contributed by atoms with E-state index in [1.165, 1.54) is 0 Å². The number of para-hydroxylation sites is 2. The number of carbonyl (C=O) groups excluding carboxylic acids is 1. The lowest BCUT2D eigenvalue weighted by Gasteiger charge is -2.18. The Bertz CT molecular complexity index is 1160. The second kappa shape index (κ2) is 8.49. The van der Waals surface area contributed by atoms with E-state index in [1.807, 2.05) is 79.0 Å². The van der Waals surface area contributed by atoms with Crippen molar-refractivity contribution in [2.45, 2.75) is 32.5 Å². The summed E-state index contributed by atoms with van der Waals surface area (Å²) in [5.41, 5.74) is 2.74. The minimum Gasteiger partial charge on any atom is -0.344 e. The summed E-state index contributed by atoms with van der Waals surface area (Å²) in [5, 5.41) is 5.15. The first kappa shape index (κ1) is 19.2. The molecule has 0 aliphatic heterocycles. The molecule has 148 valence electrons. The van der Waals surface area contributed by atoms with Crippen molar-refractivity contribution in [2.24, 2.45) is 0 Å². The van der Waals surface area contributed by atoms with Gasteiger partial charge in [0.05, 0.1) is 17.1 Å². The zero-order valence-electron chi connectivity index (χ0n) is 16.2. The molecule has 1 atom stereocenters. The number of imidazole rings is 1. The molecule has 0 saturated heterocycles. The largest absolute Gasteiger partial charge is 0.344 e. The van der Waals surface area contributed by atoms with E-state index in [0.717, 1.165) is 21.5 Å². The normalized spacial score (nSPS) is 12.2. The van der Waals surface area contributed by atoms with Crippen LogP contribution in [0.4, 0.5) is 0 Å². The number of amides is 1. The molecule has 1 unspecified atom stereocenters. The average molecular weight is 406 g/mol. The van der Waals surface area contributed by atoms with Gasteiger partial charge in [-0.15, -0.1) is 11.3 Å². The molecule has 1 amide bonds. The summed E-state index contributed by atoms with van der Waals surface area (Å²) in [6, 6.07) is 21.5. The molecule has 1 N–H and O–H groups in total. The molecule has 2 aromatic carbocycles. The van der Waals surface area contributed by atoms with Gasteiger partial charge in [0.2, 0.25) is 5.91 Å². The minimum atomic E-state index is -0.183. The molecule has 0 fully saturated rings. The third kappa shape index (κ3) is 3.89. The van der Waals surface area contributed by atoms with Crippen molar-refractivity contribution in [3.63, 3.8) is 0 Å². The predicted octanol–water partition coefficient (Wildman–Crippen LogP) is 4.18. The number of fused-ring (bicyclic) bond motifs is 1. The molecule has 0 saturated carbocycles. The van der Waals surface area contributed by atoms with Crippen LogP contribution in [0, 0.1) is 0 Å². The van der Waals surface area contributed by atoms with E-state index < -0.39 is 0 Å². The highest BCUT2D eigenvalue weighted by atomic mass is 32.1. The third-order valence-corrected chi connectivity index (χ3v) is 6.01. The van der Waals surface area contributed by atoms with Crippen LogP contribution in [-0.4, -0.2) is 15.0 Å². The first-order chi connectivity index (χ1) is 14.2. The summed E-state index contributed by atoms with van der Waals surface area (Å²) < 4.78 is 3.44. The van der Waals surface area contributed by atoms with Crippen LogP contribution in [0.2, 0.25) is 0 Å². The molecule has 0 bridgehead atoms. The molecule has 2 heterocycles. The highest BCUT2D eigenvalue weighted by Gasteiger charge is 2.18. The molecular weight excluding hydrogens is 382 g/mol. The van der Waals surface area contributed by atoms with Gasteiger partial charge in [0.15, 0.2) is 0 Å². The number of thiophene rings is 1. The predicted molar refractivity (Wildman–Crippen MR) is 117 cm³/mol. The van der Waals surface area contributed by atoms with Crippen molar-refractivity contribution >= 4 is 28.3 Å². The Morgan fingerprint density at radius 2 is 1.66 bits per heavy atom. The van der Waals surface area contributed by atoms with E-state index in [0.29, 0.717) is 13.1 Å². The Kier molecular flexibility index (Phi) is 5.62. The van der Waals surface area contributed by atoms with Gasteiger partial charge in [-0.05, 0) is 36.1 Å². The van der Waals surface area contributed by atoms with Crippen LogP contribution < -0.4 is 11.0 Å². The van der Waals surface area contributed by atoms with E-state index in [-0.39, 0.29) is 24.1 Å². The maximum atomic E-state index is 12.8. The molecular formula is C23H23N3O2S. The Balaban J connectivity index is 1.54. The molecule has 0 spiro atoms. The van der Waals surface area contributed by atoms with Crippen molar-refractivity contribution in [1.82, 2.24) is 14.5 Å². The summed E-state index contributed by atoms with van der Waals surface area (Å²) in [4.78, 5) is 26.6. The van der Waals surface area contributed by atoms with Crippen molar-refractivity contribution in [1.29, 1.82) is 0 Å². The maximum Gasteiger partial charge on any atom is 0.329 e. The third-order valence-electron chi connectivity index (χ3n) is 5.07. The molecule has 0 aliphatic rings. The first-order valence-electron chi connectivity index (χ1n) is 9.75. The van der Waals surface area contributed by atoms with Gasteiger partial charge in [-0.2, -0.15) is 0 Å². The number of rotatable bonds is 7. The molecule has 0 radical (unpaired) electrons. The summed E-state index contributed by atoms with van der Waals surface area (Å²) in [6.45, 7) is 2.91. The Hall–Kier alpha value is -3.12. The molecule has 4 rings (SSSR count). The van der Waals surface area contributed by atoms with Crippen molar-refractivity contribution in [3.8, 4) is 0 Å². The number of benzene rings is 2. The number of aromatic nitrogens is 2. The van der Waals surface area contributed by atoms with E-state index in [9.17, 15) is 9.59 Å². The number of carbonyl (C=O) groups is 1. The summed E-state index contributed by atoms with van der Waals surface area (Å²) >= 11 is 1.62. The summed E-state index contributed by atoms with van der Waals surface area (Å²) in [7, 11) is 0. The van der Waals surface area contributed by atoms with Gasteiger partial charge >= 0.3 is 5.69 Å². The average Bonchev–Trinajstić information content (AvgIpc) is 3.37. The Labute approximate surface area is 173 Å². The molecule has 6 heteroatoms. The lowest BCUT2D eigenvalue weighted by molar-refractivity contribution is -0.121. The SMILES string of the molecule is CCn1c(=O)n(CCC(=O)NC(c2ccccc2)c2cccs2)c2ccccc21. The fourth-order valence-electron chi connectivity index (χ4n) is 3.66. The van der Waals surface area contributed by atoms with Crippen LogP contribution in [0.5, 0.6) is 0 Å². The van der Waals surface area contributed by atoms with E-state index in [1.54, 1.807) is 20.5 Å². The van der Waals surface area contributed by atoms with Gasteiger partial charge in [0, 0.05) is 24.4 Å². The van der Waals surface area contributed by atoms with E-state index in [4.69, 9.17) is 0 Å². The standard InChI is InChI=1S/C23H23N3O2S/c1-2-25-18-11-6-7-12-19(18)26(23(25)28)15-14-21(27)24-22(20-13-8-16-29-20)17-9-4-3-5-10-17/h3-13,16,22H,2,14-15H2,1H3,(H,24,27). The molecule has 2 aromatic heterocycles. The number of nitrogens with zero attached hydrogens (tertiary/aromatic N) is 2. The second-order valence-electron chi connectivity index (χ2n) is 6.84. The van der Waals surface area contributed by atoms with Gasteiger partial charge in [0.1, 0.15) is 0 Å². The molecule has 29 heavy (non-hydrogen) atoms. The van der Waals surface area contributed by atoms with Crippen LogP contribution >= 0.6 is 11.3 Å². The van der Waals surface area contributed by atoms with Gasteiger partial charge in [0.25, 0.3) is 0 Å². The van der Waals surface area contributed by atoms with Gasteiger partial charge in [-0.3, -0.25) is 13.9 Å². The van der Waals surface area contributed by atoms with Crippen LogP contribution in [0.3, 0.4) is 0 Å². The quantitative estimate of drug-likeness (QED) is 0.501. The fourth-order valence-corrected chi connectivity index (χ4v) is 4.46. The van der Waals surface area contributed by atoms with Crippen molar-refractivity contribution in [2.75, 3.05) is 0 Å². The zero-order valence-corrected chi connectivity index (χ0v) is 17.1. The van der Waals surface area contributed by atoms with E-state index >= 15 is 0 Å². The maximum absolute atomic E-state index is 12.8. The monoisotopic (exact) mass is 405 g/mol. The number of hydrogen-bond donors (Lipinski definition) is 1. The van der Waals surface area contributed by atoms with Crippen molar-refractivity contribution < 1.29 is 4.79 Å². The summed E-state index contributed by atoms with van der Waals surface area (Å²) in [6.07, 6.45) is 0.242. The number of nitrogens with one attached hydrogen (secondary N) is 1. The lowest BCUT2D eigenvalue weighted by Crippen LogP contribution is -2.31. The minimum absolute atomic E-state index is 0.0700. The highest BCUT2D eigenvalue weighted by molar-refractivity contribution is 7.10. The Morgan fingerprint density at radius 3 is 2.31 bits per heavy atom. The zero-order chi connectivity index (χ0) is 20.2. The number of hydrogen-bond acceptors (Lipinski definition) is 3. The van der Waals surface area contributed by atoms with Gasteiger partial charge in [-0.1, -0.05) is 48.5 Å².